The minimum absolute atomic E-state index is 0.829. The number of hydrogen-bond acceptors (Lipinski definition) is 4. The van der Waals surface area contributed by atoms with E-state index in [9.17, 15) is 0 Å². The molecule has 0 unspecified atom stereocenters. The molecule has 0 amide bonds. The van der Waals surface area contributed by atoms with Crippen LogP contribution in [0.3, 0.4) is 0 Å². The van der Waals surface area contributed by atoms with Gasteiger partial charge in [-0.3, -0.25) is 0 Å². The zero-order chi connectivity index (χ0) is 14.2. The Morgan fingerprint density at radius 2 is 2.05 bits per heavy atom. The highest BCUT2D eigenvalue weighted by atomic mass is 79.9. The van der Waals surface area contributed by atoms with Crippen LogP contribution in [-0.4, -0.2) is 12.4 Å². The third kappa shape index (κ3) is 2.56. The number of rotatable bonds is 2. The monoisotopic (exact) mass is 360 g/mol. The molecule has 21 heavy (non-hydrogen) atoms. The van der Waals surface area contributed by atoms with Crippen LogP contribution in [0, 0.1) is 0 Å². The predicted molar refractivity (Wildman–Crippen MR) is 90.5 cm³/mol. The summed E-state index contributed by atoms with van der Waals surface area (Å²) < 4.78 is 11.5. The van der Waals surface area contributed by atoms with Crippen LogP contribution in [0.15, 0.2) is 56.2 Å². The van der Waals surface area contributed by atoms with Crippen LogP contribution >= 0.6 is 27.9 Å². The summed E-state index contributed by atoms with van der Waals surface area (Å²) >= 11 is 5.01. The summed E-state index contributed by atoms with van der Waals surface area (Å²) in [5, 5.41) is 0. The van der Waals surface area contributed by atoms with Crippen LogP contribution in [0.25, 0.3) is 0 Å². The van der Waals surface area contributed by atoms with Gasteiger partial charge in [-0.15, -0.1) is 0 Å². The van der Waals surface area contributed by atoms with Crippen LogP contribution in [0.2, 0.25) is 0 Å². The van der Waals surface area contributed by atoms with E-state index in [1.807, 2.05) is 30.3 Å². The lowest BCUT2D eigenvalue weighted by Gasteiger charge is -2.25. The maximum atomic E-state index is 5.93. The fourth-order valence-electron chi connectivity index (χ4n) is 2.64. The summed E-state index contributed by atoms with van der Waals surface area (Å²) in [5.41, 5.74) is 1.25. The Bertz CT molecular complexity index is 732. The van der Waals surface area contributed by atoms with Gasteiger partial charge in [-0.1, -0.05) is 22.0 Å². The molecule has 2 aromatic carbocycles. The Kier molecular flexibility index (Phi) is 3.39. The first-order valence-corrected chi connectivity index (χ1v) is 8.45. The van der Waals surface area contributed by atoms with E-state index in [0.717, 1.165) is 33.8 Å². The van der Waals surface area contributed by atoms with E-state index in [1.165, 1.54) is 17.9 Å². The van der Waals surface area contributed by atoms with Crippen molar-refractivity contribution in [2.45, 2.75) is 17.7 Å². The predicted octanol–water partition coefficient (Wildman–Crippen LogP) is 5.26. The van der Waals surface area contributed by atoms with E-state index in [2.05, 4.69) is 37.4 Å². The van der Waals surface area contributed by atoms with Gasteiger partial charge >= 0.3 is 0 Å². The highest BCUT2D eigenvalue weighted by Crippen LogP contribution is 2.41. The smallest absolute Gasteiger partial charge is 0.128 e. The average Bonchev–Trinajstić information content (AvgIpc) is 2.96. The molecule has 2 aliphatic heterocycles. The molecule has 0 bridgehead atoms. The number of benzene rings is 2. The third-order valence-electron chi connectivity index (χ3n) is 3.60. The molecule has 1 fully saturated rings. The van der Waals surface area contributed by atoms with Crippen molar-refractivity contribution >= 4 is 39.4 Å². The topological polar surface area (TPSA) is 24.8 Å². The van der Waals surface area contributed by atoms with Gasteiger partial charge in [0.15, 0.2) is 0 Å². The Hall–Kier alpha value is -1.46. The molecule has 0 N–H and O–H groups in total. The second-order valence-corrected chi connectivity index (χ2v) is 6.76. The van der Waals surface area contributed by atoms with E-state index in [0.29, 0.717) is 0 Å². The van der Waals surface area contributed by atoms with Gasteiger partial charge in [-0.05, 0) is 42.8 Å². The van der Waals surface area contributed by atoms with Crippen LogP contribution in [0.1, 0.15) is 12.8 Å². The first kappa shape index (κ1) is 13.2. The molecule has 4 rings (SSSR count). The molecule has 106 valence electrons. The number of fused-ring (bicyclic) bond motifs is 3. The van der Waals surface area contributed by atoms with Crippen molar-refractivity contribution in [3.05, 3.63) is 46.9 Å². The van der Waals surface area contributed by atoms with E-state index in [-0.39, 0.29) is 0 Å². The number of anilines is 1. The largest absolute Gasteiger partial charge is 0.457 e. The average molecular weight is 361 g/mol. The molecule has 1 saturated heterocycles. The molecular formula is C16H13BrN2OS. The van der Waals surface area contributed by atoms with E-state index in [4.69, 9.17) is 4.74 Å². The zero-order valence-corrected chi connectivity index (χ0v) is 13.7. The van der Waals surface area contributed by atoms with Gasteiger partial charge in [0.2, 0.25) is 0 Å². The van der Waals surface area contributed by atoms with Crippen molar-refractivity contribution in [3.8, 4) is 11.5 Å². The van der Waals surface area contributed by atoms with Crippen LogP contribution in [-0.2, 0) is 0 Å². The second-order valence-electron chi connectivity index (χ2n) is 5.04. The third-order valence-corrected chi connectivity index (χ3v) is 4.92. The molecule has 0 aliphatic carbocycles. The van der Waals surface area contributed by atoms with Crippen molar-refractivity contribution in [2.24, 2.45) is 4.40 Å². The minimum atomic E-state index is 0.829. The summed E-state index contributed by atoms with van der Waals surface area (Å²) in [6.07, 6.45) is 2.28. The molecular weight excluding hydrogens is 348 g/mol. The maximum Gasteiger partial charge on any atom is 0.128 e. The molecule has 0 saturated carbocycles. The van der Waals surface area contributed by atoms with Gasteiger partial charge in [0, 0.05) is 29.4 Å². The molecule has 0 radical (unpaired) electrons. The van der Waals surface area contributed by atoms with Crippen molar-refractivity contribution < 1.29 is 4.74 Å². The highest BCUT2D eigenvalue weighted by molar-refractivity contribution is 9.10. The molecule has 3 nitrogen and oxygen atoms in total. The lowest BCUT2D eigenvalue weighted by molar-refractivity contribution is 0.481. The fraction of sp³-hybridized carbons (Fsp3) is 0.188. The number of amidine groups is 1. The Labute approximate surface area is 136 Å². The van der Waals surface area contributed by atoms with Crippen LogP contribution in [0.5, 0.6) is 11.5 Å². The van der Waals surface area contributed by atoms with Crippen molar-refractivity contribution in [1.29, 1.82) is 0 Å². The fourth-order valence-corrected chi connectivity index (χ4v) is 3.85. The van der Waals surface area contributed by atoms with Crippen LogP contribution < -0.4 is 9.64 Å². The lowest BCUT2D eigenvalue weighted by atomic mass is 10.2. The van der Waals surface area contributed by atoms with Gasteiger partial charge < -0.3 is 9.64 Å². The summed E-state index contributed by atoms with van der Waals surface area (Å²) in [6, 6.07) is 14.1. The van der Waals surface area contributed by atoms with Crippen molar-refractivity contribution in [3.63, 3.8) is 0 Å². The van der Waals surface area contributed by atoms with Crippen LogP contribution in [0.4, 0.5) is 5.69 Å². The number of nitrogens with zero attached hydrogens (tertiary/aromatic N) is 2. The van der Waals surface area contributed by atoms with E-state index < -0.39 is 0 Å². The van der Waals surface area contributed by atoms with Gasteiger partial charge in [0.1, 0.15) is 17.3 Å². The first-order chi connectivity index (χ1) is 10.3. The summed E-state index contributed by atoms with van der Waals surface area (Å²) in [4.78, 5) is 3.47. The van der Waals surface area contributed by atoms with E-state index in [1.54, 1.807) is 11.9 Å². The van der Waals surface area contributed by atoms with Gasteiger partial charge in [0.05, 0.1) is 10.6 Å². The van der Waals surface area contributed by atoms with Gasteiger partial charge in [0.25, 0.3) is 0 Å². The van der Waals surface area contributed by atoms with E-state index >= 15 is 0 Å². The van der Waals surface area contributed by atoms with Crippen molar-refractivity contribution in [1.82, 2.24) is 0 Å². The number of hydrogen-bond donors (Lipinski definition) is 0. The Morgan fingerprint density at radius 1 is 1.14 bits per heavy atom. The molecule has 2 heterocycles. The molecule has 5 heteroatoms. The Balaban J connectivity index is 1.62. The number of halogens is 1. The quantitative estimate of drug-likeness (QED) is 0.682. The maximum absolute atomic E-state index is 5.93. The number of ether oxygens (including phenoxy) is 1. The highest BCUT2D eigenvalue weighted by Gasteiger charge is 2.26. The minimum Gasteiger partial charge on any atom is -0.457 e. The first-order valence-electron chi connectivity index (χ1n) is 6.88. The summed E-state index contributed by atoms with van der Waals surface area (Å²) in [7, 11) is 0. The molecule has 2 aliphatic rings. The van der Waals surface area contributed by atoms with Crippen molar-refractivity contribution in [2.75, 3.05) is 11.4 Å². The normalized spacial score (nSPS) is 16.2. The molecule has 0 spiro atoms. The second kappa shape index (κ2) is 5.39. The summed E-state index contributed by atoms with van der Waals surface area (Å²) in [6.45, 7) is 1.07. The van der Waals surface area contributed by atoms with Gasteiger partial charge in [-0.2, -0.15) is 4.40 Å². The molecule has 0 aromatic heterocycles. The SMILES string of the molecule is Brc1cccc(Oc2ccc3c(c2)SN=C2CCCN23)c1. The molecule has 0 atom stereocenters. The molecule has 2 aromatic rings. The standard InChI is InChI=1S/C16H13BrN2OS/c17-11-3-1-4-12(9-11)20-13-6-7-14-15(10-13)21-18-16-5-2-8-19(14)16/h1,3-4,6-7,9-10H,2,5,8H2. The lowest BCUT2D eigenvalue weighted by Crippen LogP contribution is -2.26. The summed E-state index contributed by atoms with van der Waals surface area (Å²) in [5.74, 6) is 2.88. The Morgan fingerprint density at radius 3 is 2.95 bits per heavy atom. The zero-order valence-electron chi connectivity index (χ0n) is 11.3. The van der Waals surface area contributed by atoms with Gasteiger partial charge in [-0.25, -0.2) is 0 Å².